The second kappa shape index (κ2) is 8.27. The standard InChI is InChI=1S/C20H24N2O4S/c1-12(2)27-18-17(14-6-8-15(9-7-14)21-13(3)23)19(24)22(20(18)25)11-16-5-4-10-26-16/h6-9,12,16H,4-5,10-11H2,1-3H3,(H,21,23). The molecule has 0 aromatic heterocycles. The van der Waals surface area contributed by atoms with Gasteiger partial charge in [-0.25, -0.2) is 0 Å². The second-order valence-electron chi connectivity index (χ2n) is 6.99. The van der Waals surface area contributed by atoms with E-state index in [0.29, 0.717) is 34.9 Å². The van der Waals surface area contributed by atoms with E-state index in [2.05, 4.69) is 5.32 Å². The summed E-state index contributed by atoms with van der Waals surface area (Å²) in [4.78, 5) is 39.0. The van der Waals surface area contributed by atoms with E-state index < -0.39 is 0 Å². The molecule has 1 aromatic carbocycles. The Balaban J connectivity index is 1.90. The van der Waals surface area contributed by atoms with Gasteiger partial charge in [-0.2, -0.15) is 0 Å². The van der Waals surface area contributed by atoms with Crippen LogP contribution in [0.2, 0.25) is 0 Å². The lowest BCUT2D eigenvalue weighted by Gasteiger charge is -2.19. The van der Waals surface area contributed by atoms with Gasteiger partial charge in [-0.1, -0.05) is 26.0 Å². The van der Waals surface area contributed by atoms with Crippen LogP contribution in [0.25, 0.3) is 5.57 Å². The minimum atomic E-state index is -0.272. The molecule has 0 saturated carbocycles. The lowest BCUT2D eigenvalue weighted by atomic mass is 10.1. The maximum Gasteiger partial charge on any atom is 0.268 e. The monoisotopic (exact) mass is 388 g/mol. The summed E-state index contributed by atoms with van der Waals surface area (Å²) in [5.74, 6) is -0.672. The highest BCUT2D eigenvalue weighted by molar-refractivity contribution is 8.04. The van der Waals surface area contributed by atoms with Gasteiger partial charge in [0.15, 0.2) is 0 Å². The molecule has 2 aliphatic heterocycles. The second-order valence-corrected chi connectivity index (χ2v) is 8.57. The van der Waals surface area contributed by atoms with Crippen LogP contribution in [0.15, 0.2) is 29.2 Å². The number of imide groups is 1. The quantitative estimate of drug-likeness (QED) is 0.758. The minimum Gasteiger partial charge on any atom is -0.376 e. The first kappa shape index (κ1) is 19.6. The molecular weight excluding hydrogens is 364 g/mol. The van der Waals surface area contributed by atoms with E-state index in [-0.39, 0.29) is 29.1 Å². The number of anilines is 1. The molecule has 144 valence electrons. The molecule has 1 N–H and O–H groups in total. The predicted octanol–water partition coefficient (Wildman–Crippen LogP) is 3.05. The largest absolute Gasteiger partial charge is 0.376 e. The molecule has 3 rings (SSSR count). The predicted molar refractivity (Wildman–Crippen MR) is 106 cm³/mol. The summed E-state index contributed by atoms with van der Waals surface area (Å²) in [5.41, 5.74) is 1.77. The molecule has 0 bridgehead atoms. The molecule has 27 heavy (non-hydrogen) atoms. The van der Waals surface area contributed by atoms with Gasteiger partial charge in [-0.3, -0.25) is 19.3 Å². The van der Waals surface area contributed by atoms with Crippen molar-refractivity contribution >= 4 is 40.7 Å². The van der Waals surface area contributed by atoms with Crippen LogP contribution in [0.4, 0.5) is 5.69 Å². The molecule has 1 unspecified atom stereocenters. The Bertz CT molecular complexity index is 780. The summed E-state index contributed by atoms with van der Waals surface area (Å²) in [6.07, 6.45) is 1.74. The molecule has 1 saturated heterocycles. The zero-order chi connectivity index (χ0) is 19.6. The Morgan fingerprint density at radius 3 is 2.52 bits per heavy atom. The number of nitrogens with zero attached hydrogens (tertiary/aromatic N) is 1. The van der Waals surface area contributed by atoms with Gasteiger partial charge in [0, 0.05) is 24.5 Å². The number of hydrogen-bond acceptors (Lipinski definition) is 5. The third-order valence-corrected chi connectivity index (χ3v) is 5.47. The van der Waals surface area contributed by atoms with Crippen LogP contribution in [0, 0.1) is 0 Å². The summed E-state index contributed by atoms with van der Waals surface area (Å²) in [6, 6.07) is 7.01. The number of nitrogens with one attached hydrogen (secondary N) is 1. The highest BCUT2D eigenvalue weighted by atomic mass is 32.2. The summed E-state index contributed by atoms with van der Waals surface area (Å²) in [5, 5.41) is 2.88. The van der Waals surface area contributed by atoms with Crippen LogP contribution in [0.5, 0.6) is 0 Å². The summed E-state index contributed by atoms with van der Waals surface area (Å²) in [6.45, 7) is 6.41. The smallest absolute Gasteiger partial charge is 0.268 e. The van der Waals surface area contributed by atoms with E-state index in [1.54, 1.807) is 24.3 Å². The third-order valence-electron chi connectivity index (χ3n) is 4.38. The van der Waals surface area contributed by atoms with E-state index in [1.165, 1.54) is 23.6 Å². The van der Waals surface area contributed by atoms with Crippen molar-refractivity contribution in [1.29, 1.82) is 0 Å². The lowest BCUT2D eigenvalue weighted by Crippen LogP contribution is -2.37. The van der Waals surface area contributed by atoms with Gasteiger partial charge in [-0.15, -0.1) is 11.8 Å². The first-order valence-corrected chi connectivity index (χ1v) is 10.0. The number of thioether (sulfide) groups is 1. The maximum absolute atomic E-state index is 13.1. The molecule has 3 amide bonds. The van der Waals surface area contributed by atoms with Crippen LogP contribution in [-0.2, 0) is 19.1 Å². The van der Waals surface area contributed by atoms with Crippen molar-refractivity contribution in [1.82, 2.24) is 4.90 Å². The minimum absolute atomic E-state index is 0.0790. The molecule has 1 aromatic rings. The van der Waals surface area contributed by atoms with Crippen molar-refractivity contribution in [2.24, 2.45) is 0 Å². The van der Waals surface area contributed by atoms with Crippen LogP contribution >= 0.6 is 11.8 Å². The molecule has 6 nitrogen and oxygen atoms in total. The Kier molecular flexibility index (Phi) is 6.01. The Morgan fingerprint density at radius 2 is 1.96 bits per heavy atom. The fourth-order valence-corrected chi connectivity index (χ4v) is 4.24. The number of hydrogen-bond donors (Lipinski definition) is 1. The topological polar surface area (TPSA) is 75.7 Å². The SMILES string of the molecule is CC(=O)Nc1ccc(C2=C(SC(C)C)C(=O)N(CC3CCCO3)C2=O)cc1. The highest BCUT2D eigenvalue weighted by Crippen LogP contribution is 2.38. The van der Waals surface area contributed by atoms with Gasteiger partial charge >= 0.3 is 0 Å². The average Bonchev–Trinajstić information content (AvgIpc) is 3.18. The zero-order valence-corrected chi connectivity index (χ0v) is 16.6. The molecule has 7 heteroatoms. The van der Waals surface area contributed by atoms with Crippen molar-refractivity contribution in [3.63, 3.8) is 0 Å². The van der Waals surface area contributed by atoms with Gasteiger partial charge in [0.2, 0.25) is 5.91 Å². The fraction of sp³-hybridized carbons (Fsp3) is 0.450. The first-order valence-electron chi connectivity index (χ1n) is 9.13. The van der Waals surface area contributed by atoms with E-state index in [9.17, 15) is 14.4 Å². The average molecular weight is 388 g/mol. The highest BCUT2D eigenvalue weighted by Gasteiger charge is 2.40. The number of carbonyl (C=O) groups is 3. The molecular formula is C20H24N2O4S. The third kappa shape index (κ3) is 4.42. The normalized spacial score (nSPS) is 20.1. The maximum atomic E-state index is 13.1. The van der Waals surface area contributed by atoms with Crippen LogP contribution in [0.3, 0.4) is 0 Å². The molecule has 1 fully saturated rings. The van der Waals surface area contributed by atoms with Crippen molar-refractivity contribution in [3.05, 3.63) is 34.7 Å². The number of benzene rings is 1. The lowest BCUT2D eigenvalue weighted by molar-refractivity contribution is -0.138. The van der Waals surface area contributed by atoms with E-state index in [1.807, 2.05) is 13.8 Å². The van der Waals surface area contributed by atoms with Gasteiger partial charge in [0.25, 0.3) is 11.8 Å². The van der Waals surface area contributed by atoms with Crippen LogP contribution in [0.1, 0.15) is 39.2 Å². The van der Waals surface area contributed by atoms with Gasteiger partial charge in [-0.05, 0) is 30.5 Å². The number of carbonyl (C=O) groups excluding carboxylic acids is 3. The molecule has 2 heterocycles. The summed E-state index contributed by atoms with van der Waals surface area (Å²) < 4.78 is 5.61. The first-order chi connectivity index (χ1) is 12.9. The molecule has 2 aliphatic rings. The van der Waals surface area contributed by atoms with Crippen molar-refractivity contribution in [3.8, 4) is 0 Å². The molecule has 0 radical (unpaired) electrons. The van der Waals surface area contributed by atoms with Gasteiger partial charge in [0.1, 0.15) is 0 Å². The van der Waals surface area contributed by atoms with Crippen molar-refractivity contribution < 1.29 is 19.1 Å². The molecule has 0 aliphatic carbocycles. The molecule has 1 atom stereocenters. The van der Waals surface area contributed by atoms with Crippen LogP contribution in [-0.4, -0.2) is 47.1 Å². The van der Waals surface area contributed by atoms with E-state index >= 15 is 0 Å². The summed E-state index contributed by atoms with van der Waals surface area (Å²) in [7, 11) is 0. The van der Waals surface area contributed by atoms with Gasteiger partial charge < -0.3 is 10.1 Å². The zero-order valence-electron chi connectivity index (χ0n) is 15.8. The van der Waals surface area contributed by atoms with Crippen molar-refractivity contribution in [2.75, 3.05) is 18.5 Å². The van der Waals surface area contributed by atoms with Crippen molar-refractivity contribution in [2.45, 2.75) is 45.0 Å². The Hall–Kier alpha value is -2.12. The Labute approximate surface area is 163 Å². The summed E-state index contributed by atoms with van der Waals surface area (Å²) >= 11 is 1.41. The van der Waals surface area contributed by atoms with E-state index in [4.69, 9.17) is 4.74 Å². The van der Waals surface area contributed by atoms with Crippen LogP contribution < -0.4 is 5.32 Å². The number of ether oxygens (including phenoxy) is 1. The molecule has 0 spiro atoms. The van der Waals surface area contributed by atoms with E-state index in [0.717, 1.165) is 12.8 Å². The number of amides is 3. The Morgan fingerprint density at radius 1 is 1.26 bits per heavy atom. The fourth-order valence-electron chi connectivity index (χ4n) is 3.23. The van der Waals surface area contributed by atoms with Gasteiger partial charge in [0.05, 0.1) is 23.1 Å². The number of rotatable bonds is 6.